The van der Waals surface area contributed by atoms with E-state index in [-0.39, 0.29) is 0 Å². The van der Waals surface area contributed by atoms with Crippen molar-refractivity contribution in [1.29, 1.82) is 0 Å². The van der Waals surface area contributed by atoms with Crippen molar-refractivity contribution in [2.75, 3.05) is 12.0 Å². The zero-order valence-corrected chi connectivity index (χ0v) is 24.7. The molecule has 0 spiro atoms. The second kappa shape index (κ2) is 14.5. The van der Waals surface area contributed by atoms with Gasteiger partial charge in [0.25, 0.3) is 0 Å². The first-order chi connectivity index (χ1) is 19.7. The Morgan fingerprint density at radius 1 is 0.667 bits per heavy atom. The van der Waals surface area contributed by atoms with Crippen LogP contribution in [0.3, 0.4) is 0 Å². The Morgan fingerprint density at radius 2 is 1.04 bits per heavy atom. The van der Waals surface area contributed by atoms with E-state index in [2.05, 4.69) is 13.2 Å². The topological polar surface area (TPSA) is 74.3 Å². The minimum atomic E-state index is -8.92. The smallest absolute Gasteiger partial charge is 0.460 e. The highest BCUT2D eigenvalue weighted by atomic mass is 32.2. The van der Waals surface area contributed by atoms with Gasteiger partial charge in [-0.25, -0.2) is 8.42 Å². The summed E-state index contributed by atoms with van der Waals surface area (Å²) in [4.78, 5) is 11.8. The molecule has 1 fully saturated rings. The number of carbonyl (C=O) groups is 1. The normalized spacial score (nSPS) is 17.9. The van der Waals surface area contributed by atoms with Gasteiger partial charge in [0, 0.05) is 6.42 Å². The molecule has 0 aliphatic heterocycles. The van der Waals surface area contributed by atoms with Crippen LogP contribution in [-0.4, -0.2) is 83.0 Å². The van der Waals surface area contributed by atoms with Gasteiger partial charge >= 0.3 is 47.0 Å². The third kappa shape index (κ3) is 8.43. The summed E-state index contributed by atoms with van der Waals surface area (Å²) >= 11 is 0. The SMILES string of the molecule is CCCCCC(=O)C[S+](C)C1CCCCC1.O=S(=O)([O-])C(F)(F)C(F)(F)C(F)(F)C(F)(F)C(F)(F)C(F)(F)C(F)(F)C(F)(F)F. The second-order valence-electron chi connectivity index (χ2n) is 10.0. The van der Waals surface area contributed by atoms with Crippen LogP contribution in [0.25, 0.3) is 0 Å². The summed E-state index contributed by atoms with van der Waals surface area (Å²) in [6.45, 7) is 2.19. The Kier molecular flexibility index (Phi) is 14.1. The van der Waals surface area contributed by atoms with Crippen molar-refractivity contribution in [2.24, 2.45) is 0 Å². The number of halogens is 17. The van der Waals surface area contributed by atoms with Crippen molar-refractivity contribution < 1.29 is 92.4 Å². The monoisotopic (exact) mass is 742 g/mol. The number of Topliss-reactive ketones (excluding diaryl/α,β-unsaturated/α-hetero) is 1. The molecule has 4 nitrogen and oxygen atoms in total. The standard InChI is InChI=1S/C14H27OS.C8HF17O3S/c1-3-4-6-9-13(15)12-16(2)14-10-7-5-8-11-14;9-1(10,3(13,14)5(17,18)7(21,22)23)2(11,12)4(15,16)6(19,20)8(24,25)29(26,27)28/h14H,3-12H2,1-2H3;(H,26,27,28)/q+1;/p-1. The van der Waals surface area contributed by atoms with Gasteiger partial charge in [-0.2, -0.15) is 74.6 Å². The van der Waals surface area contributed by atoms with Crippen LogP contribution in [0.4, 0.5) is 74.6 Å². The van der Waals surface area contributed by atoms with Gasteiger partial charge in [-0.1, -0.05) is 26.2 Å². The van der Waals surface area contributed by atoms with E-state index in [0.717, 1.165) is 23.8 Å². The number of carbonyl (C=O) groups excluding carboxylic acids is 1. The van der Waals surface area contributed by atoms with Gasteiger partial charge in [-0.3, -0.25) is 4.79 Å². The lowest BCUT2D eigenvalue weighted by molar-refractivity contribution is -0.458. The molecule has 1 rings (SSSR count). The van der Waals surface area contributed by atoms with Crippen LogP contribution in [0.2, 0.25) is 0 Å². The molecule has 0 bridgehead atoms. The van der Waals surface area contributed by atoms with Crippen LogP contribution < -0.4 is 0 Å². The largest absolute Gasteiger partial charge is 0.743 e. The molecule has 1 saturated carbocycles. The first-order valence-corrected chi connectivity index (χ1v) is 15.8. The Bertz CT molecular complexity index is 1090. The van der Waals surface area contributed by atoms with Crippen LogP contribution in [0.15, 0.2) is 0 Å². The Balaban J connectivity index is 0.00000101. The molecule has 45 heavy (non-hydrogen) atoms. The molecule has 1 unspecified atom stereocenters. The fourth-order valence-electron chi connectivity index (χ4n) is 3.79. The third-order valence-electron chi connectivity index (χ3n) is 6.58. The van der Waals surface area contributed by atoms with Gasteiger partial charge in [-0.15, -0.1) is 0 Å². The van der Waals surface area contributed by atoms with Crippen LogP contribution in [0, 0.1) is 0 Å². The van der Waals surface area contributed by atoms with Crippen molar-refractivity contribution in [3.05, 3.63) is 0 Å². The Hall–Kier alpha value is -1.26. The highest BCUT2D eigenvalue weighted by molar-refractivity contribution is 7.97. The van der Waals surface area contributed by atoms with Crippen LogP contribution >= 0.6 is 0 Å². The number of ketones is 1. The fourth-order valence-corrected chi connectivity index (χ4v) is 6.26. The Labute approximate surface area is 248 Å². The summed E-state index contributed by atoms with van der Waals surface area (Å²) in [6.07, 6.45) is 5.75. The molecule has 270 valence electrons. The minimum absolute atomic E-state index is 0.358. The average molecular weight is 743 g/mol. The molecule has 0 N–H and O–H groups in total. The zero-order chi connectivity index (χ0) is 36.3. The van der Waals surface area contributed by atoms with E-state index in [1.165, 1.54) is 44.9 Å². The average Bonchev–Trinajstić information content (AvgIpc) is 2.87. The summed E-state index contributed by atoms with van der Waals surface area (Å²) in [5.41, 5.74) is 0. The van der Waals surface area contributed by atoms with Crippen LogP contribution in [0.5, 0.6) is 0 Å². The number of rotatable bonds is 14. The molecule has 1 atom stereocenters. The van der Waals surface area contributed by atoms with Gasteiger partial charge in [-0.05, 0) is 43.0 Å². The van der Waals surface area contributed by atoms with Gasteiger partial charge in [0.2, 0.25) is 0 Å². The quantitative estimate of drug-likeness (QED) is 0.0779. The van der Waals surface area contributed by atoms with Crippen molar-refractivity contribution >= 4 is 26.8 Å². The van der Waals surface area contributed by atoms with Gasteiger partial charge in [0.15, 0.2) is 21.7 Å². The van der Waals surface area contributed by atoms with Crippen LogP contribution in [0.1, 0.15) is 64.7 Å². The minimum Gasteiger partial charge on any atom is -0.743 e. The molecule has 0 radical (unpaired) electrons. The molecular weight excluding hydrogens is 715 g/mol. The van der Waals surface area contributed by atoms with E-state index < -0.39 is 57.1 Å². The molecule has 0 heterocycles. The molecule has 1 aliphatic rings. The second-order valence-corrected chi connectivity index (χ2v) is 13.8. The number of hydrogen-bond acceptors (Lipinski definition) is 4. The maximum absolute atomic E-state index is 13.0. The first kappa shape index (κ1) is 43.7. The lowest BCUT2D eigenvalue weighted by Crippen LogP contribution is -2.75. The predicted molar refractivity (Wildman–Crippen MR) is 125 cm³/mol. The number of hydrogen-bond donors (Lipinski definition) is 0. The summed E-state index contributed by atoms with van der Waals surface area (Å²) in [7, 11) is -7.78. The molecule has 0 amide bonds. The van der Waals surface area contributed by atoms with E-state index in [1.807, 2.05) is 0 Å². The molecule has 0 aromatic rings. The van der Waals surface area contributed by atoms with Crippen molar-refractivity contribution in [2.45, 2.75) is 117 Å². The van der Waals surface area contributed by atoms with Gasteiger partial charge in [0.1, 0.15) is 5.25 Å². The molecule has 23 heteroatoms. The van der Waals surface area contributed by atoms with Crippen molar-refractivity contribution in [3.8, 4) is 0 Å². The summed E-state index contributed by atoms with van der Waals surface area (Å²) < 4.78 is 244. The first-order valence-electron chi connectivity index (χ1n) is 12.5. The van der Waals surface area contributed by atoms with Crippen molar-refractivity contribution in [3.63, 3.8) is 0 Å². The van der Waals surface area contributed by atoms with E-state index in [1.54, 1.807) is 0 Å². The molecule has 0 aromatic heterocycles. The summed E-state index contributed by atoms with van der Waals surface area (Å²) in [5.74, 6) is -50.8. The van der Waals surface area contributed by atoms with E-state index in [0.29, 0.717) is 16.7 Å². The summed E-state index contributed by atoms with van der Waals surface area (Å²) in [6, 6.07) is 0. The predicted octanol–water partition coefficient (Wildman–Crippen LogP) is 8.22. The zero-order valence-electron chi connectivity index (χ0n) is 23.0. The molecular formula is C22H27F17O4S2. The van der Waals surface area contributed by atoms with Crippen LogP contribution in [-0.2, 0) is 25.8 Å². The molecule has 1 aliphatic carbocycles. The summed E-state index contributed by atoms with van der Waals surface area (Å²) in [5, 5.41) is -7.09. The lowest BCUT2D eigenvalue weighted by Gasteiger charge is -2.42. The maximum atomic E-state index is 13.0. The number of alkyl halides is 17. The maximum Gasteiger partial charge on any atom is 0.460 e. The third-order valence-corrected chi connectivity index (χ3v) is 9.85. The van der Waals surface area contributed by atoms with Gasteiger partial charge < -0.3 is 4.55 Å². The highest BCUT2D eigenvalue weighted by Gasteiger charge is 2.95. The fraction of sp³-hybridized carbons (Fsp3) is 0.955. The number of unbranched alkanes of at least 4 members (excludes halogenated alkanes) is 2. The van der Waals surface area contributed by atoms with E-state index in [9.17, 15) is 92.4 Å². The molecule has 0 aromatic carbocycles. The molecule has 0 saturated heterocycles. The lowest BCUT2D eigenvalue weighted by atomic mass is 9.91. The van der Waals surface area contributed by atoms with E-state index >= 15 is 0 Å². The van der Waals surface area contributed by atoms with Crippen molar-refractivity contribution in [1.82, 2.24) is 0 Å². The van der Waals surface area contributed by atoms with Gasteiger partial charge in [0.05, 0.1) is 6.26 Å². The Morgan fingerprint density at radius 3 is 1.40 bits per heavy atom. The van der Waals surface area contributed by atoms with E-state index in [4.69, 9.17) is 0 Å². The highest BCUT2D eigenvalue weighted by Crippen LogP contribution is 2.64.